The van der Waals surface area contributed by atoms with E-state index < -0.39 is 11.7 Å². The van der Waals surface area contributed by atoms with E-state index in [9.17, 15) is 18.0 Å². The minimum Gasteiger partial charge on any atom is -0.351 e. The summed E-state index contributed by atoms with van der Waals surface area (Å²) in [5, 5.41) is 3.18. The standard InChI is InChI=1S/C19H18ClF3N4O/c20-16-5-2-8-24-17(16)26-10-14-6-7-15(11-26)27(14)18(28)25-13-4-1-3-12(9-13)19(21,22)23/h1-5,8-9,14-15H,6-7,10-11H2,(H,25,28). The second kappa shape index (κ2) is 7.16. The van der Waals surface area contributed by atoms with Gasteiger partial charge in [0, 0.05) is 25.0 Å². The van der Waals surface area contributed by atoms with Crippen molar-refractivity contribution in [1.82, 2.24) is 9.88 Å². The lowest BCUT2D eigenvalue weighted by atomic mass is 10.2. The van der Waals surface area contributed by atoms with Crippen molar-refractivity contribution in [3.8, 4) is 0 Å². The van der Waals surface area contributed by atoms with E-state index in [1.807, 2.05) is 0 Å². The van der Waals surface area contributed by atoms with Crippen LogP contribution in [0.5, 0.6) is 0 Å². The smallest absolute Gasteiger partial charge is 0.351 e. The second-order valence-electron chi connectivity index (χ2n) is 7.01. The molecule has 2 unspecified atom stereocenters. The molecule has 2 aliphatic rings. The second-order valence-corrected chi connectivity index (χ2v) is 7.42. The quantitative estimate of drug-likeness (QED) is 0.784. The number of piperazine rings is 1. The SMILES string of the molecule is O=C(Nc1cccc(C(F)(F)F)c1)N1C2CCC1CN(c1ncccc1Cl)C2. The van der Waals surface area contributed by atoms with E-state index in [-0.39, 0.29) is 23.8 Å². The largest absolute Gasteiger partial charge is 0.416 e. The van der Waals surface area contributed by atoms with Crippen LogP contribution in [0, 0.1) is 0 Å². The van der Waals surface area contributed by atoms with Crippen LogP contribution in [-0.2, 0) is 6.18 Å². The number of fused-ring (bicyclic) bond motifs is 2. The number of carbonyl (C=O) groups is 1. The number of aromatic nitrogens is 1. The topological polar surface area (TPSA) is 48.5 Å². The molecule has 1 aromatic carbocycles. The Balaban J connectivity index is 1.48. The van der Waals surface area contributed by atoms with Crippen molar-refractivity contribution in [2.75, 3.05) is 23.3 Å². The van der Waals surface area contributed by atoms with Gasteiger partial charge in [-0.15, -0.1) is 0 Å². The van der Waals surface area contributed by atoms with Gasteiger partial charge in [0.25, 0.3) is 0 Å². The molecule has 2 bridgehead atoms. The molecule has 1 aromatic heterocycles. The third-order valence-corrected chi connectivity index (χ3v) is 5.49. The molecule has 0 saturated carbocycles. The normalized spacial score (nSPS) is 21.7. The van der Waals surface area contributed by atoms with Crippen LogP contribution >= 0.6 is 11.6 Å². The number of alkyl halides is 3. The molecule has 0 radical (unpaired) electrons. The Labute approximate surface area is 165 Å². The minimum atomic E-state index is -4.45. The number of hydrogen-bond acceptors (Lipinski definition) is 3. The van der Waals surface area contributed by atoms with E-state index in [2.05, 4.69) is 15.2 Å². The predicted molar refractivity (Wildman–Crippen MR) is 101 cm³/mol. The third-order valence-electron chi connectivity index (χ3n) is 5.20. The Morgan fingerprint density at radius 1 is 1.14 bits per heavy atom. The first-order valence-corrected chi connectivity index (χ1v) is 9.33. The number of amides is 2. The van der Waals surface area contributed by atoms with Crippen LogP contribution < -0.4 is 10.2 Å². The summed E-state index contributed by atoms with van der Waals surface area (Å²) in [7, 11) is 0. The Kier molecular flexibility index (Phi) is 4.82. The molecule has 2 fully saturated rings. The molecule has 5 nitrogen and oxygen atoms in total. The van der Waals surface area contributed by atoms with Crippen molar-refractivity contribution < 1.29 is 18.0 Å². The van der Waals surface area contributed by atoms with Crippen LogP contribution in [0.15, 0.2) is 42.6 Å². The third kappa shape index (κ3) is 3.61. The molecule has 1 N–H and O–H groups in total. The molecular weight excluding hydrogens is 393 g/mol. The lowest BCUT2D eigenvalue weighted by Crippen LogP contribution is -2.57. The summed E-state index contributed by atoms with van der Waals surface area (Å²) < 4.78 is 38.7. The molecule has 2 saturated heterocycles. The molecule has 4 rings (SSSR count). The van der Waals surface area contributed by atoms with Crippen LogP contribution in [0.3, 0.4) is 0 Å². The molecular formula is C19H18ClF3N4O. The fraction of sp³-hybridized carbons (Fsp3) is 0.368. The van der Waals surface area contributed by atoms with Crippen molar-refractivity contribution in [2.24, 2.45) is 0 Å². The number of urea groups is 1. The number of pyridine rings is 1. The van der Waals surface area contributed by atoms with Gasteiger partial charge < -0.3 is 15.1 Å². The number of carbonyl (C=O) groups excluding carboxylic acids is 1. The van der Waals surface area contributed by atoms with Gasteiger partial charge in [-0.3, -0.25) is 0 Å². The van der Waals surface area contributed by atoms with E-state index in [0.29, 0.717) is 23.9 Å². The van der Waals surface area contributed by atoms with Gasteiger partial charge in [-0.2, -0.15) is 13.2 Å². The van der Waals surface area contributed by atoms with Crippen molar-refractivity contribution in [3.05, 3.63) is 53.2 Å². The van der Waals surface area contributed by atoms with Gasteiger partial charge in [-0.05, 0) is 43.2 Å². The van der Waals surface area contributed by atoms with Crippen LogP contribution in [0.1, 0.15) is 18.4 Å². The Hall–Kier alpha value is -2.48. The van der Waals surface area contributed by atoms with Gasteiger partial charge in [0.1, 0.15) is 5.82 Å². The summed E-state index contributed by atoms with van der Waals surface area (Å²) in [6, 6.07) is 7.76. The number of hydrogen-bond donors (Lipinski definition) is 1. The Bertz CT molecular complexity index is 877. The average Bonchev–Trinajstić information content (AvgIpc) is 2.92. The molecule has 2 atom stereocenters. The first kappa shape index (κ1) is 18.9. The van der Waals surface area contributed by atoms with Crippen molar-refractivity contribution >= 4 is 29.1 Å². The van der Waals surface area contributed by atoms with Crippen LogP contribution in [0.4, 0.5) is 29.5 Å². The average molecular weight is 411 g/mol. The Morgan fingerprint density at radius 3 is 2.50 bits per heavy atom. The summed E-state index contributed by atoms with van der Waals surface area (Å²) in [4.78, 5) is 20.9. The highest BCUT2D eigenvalue weighted by Crippen LogP contribution is 2.35. The van der Waals surface area contributed by atoms with Crippen LogP contribution in [0.25, 0.3) is 0 Å². The minimum absolute atomic E-state index is 0.0392. The van der Waals surface area contributed by atoms with E-state index in [0.717, 1.165) is 25.0 Å². The maximum atomic E-state index is 12.9. The van der Waals surface area contributed by atoms with Gasteiger partial charge >= 0.3 is 12.2 Å². The highest BCUT2D eigenvalue weighted by Gasteiger charge is 2.43. The summed E-state index contributed by atoms with van der Waals surface area (Å²) in [6.07, 6.45) is -1.10. The lowest BCUT2D eigenvalue weighted by Gasteiger charge is -2.41. The number of rotatable bonds is 2. The maximum Gasteiger partial charge on any atom is 0.416 e. The van der Waals surface area contributed by atoms with Crippen LogP contribution in [0.2, 0.25) is 5.02 Å². The van der Waals surface area contributed by atoms with Gasteiger partial charge in [0.05, 0.1) is 22.7 Å². The number of nitrogens with one attached hydrogen (secondary N) is 1. The van der Waals surface area contributed by atoms with Gasteiger partial charge in [0.2, 0.25) is 0 Å². The molecule has 28 heavy (non-hydrogen) atoms. The number of halogens is 4. The maximum absolute atomic E-state index is 12.9. The van der Waals surface area contributed by atoms with Crippen LogP contribution in [-0.4, -0.2) is 41.1 Å². The highest BCUT2D eigenvalue weighted by atomic mass is 35.5. The van der Waals surface area contributed by atoms with Crippen molar-refractivity contribution in [3.63, 3.8) is 0 Å². The lowest BCUT2D eigenvalue weighted by molar-refractivity contribution is -0.137. The molecule has 0 aliphatic carbocycles. The van der Waals surface area contributed by atoms with E-state index in [1.165, 1.54) is 12.1 Å². The zero-order valence-corrected chi connectivity index (χ0v) is 15.5. The summed E-state index contributed by atoms with van der Waals surface area (Å²) >= 11 is 6.24. The molecule has 148 valence electrons. The first-order chi connectivity index (χ1) is 13.3. The molecule has 2 aliphatic heterocycles. The first-order valence-electron chi connectivity index (χ1n) is 8.95. The number of anilines is 2. The zero-order chi connectivity index (χ0) is 19.9. The van der Waals surface area contributed by atoms with E-state index in [4.69, 9.17) is 11.6 Å². The monoisotopic (exact) mass is 410 g/mol. The highest BCUT2D eigenvalue weighted by molar-refractivity contribution is 6.32. The van der Waals surface area contributed by atoms with E-state index >= 15 is 0 Å². The number of benzene rings is 1. The Morgan fingerprint density at radius 2 is 1.86 bits per heavy atom. The van der Waals surface area contributed by atoms with E-state index in [1.54, 1.807) is 23.2 Å². The zero-order valence-electron chi connectivity index (χ0n) is 14.8. The summed E-state index contributed by atoms with van der Waals surface area (Å²) in [5.74, 6) is 0.694. The summed E-state index contributed by atoms with van der Waals surface area (Å²) in [6.45, 7) is 1.17. The van der Waals surface area contributed by atoms with Gasteiger partial charge in [-0.25, -0.2) is 9.78 Å². The van der Waals surface area contributed by atoms with Crippen molar-refractivity contribution in [1.29, 1.82) is 0 Å². The molecule has 3 heterocycles. The molecule has 0 spiro atoms. The summed E-state index contributed by atoms with van der Waals surface area (Å²) in [5.41, 5.74) is -0.655. The van der Waals surface area contributed by atoms with Gasteiger partial charge in [-0.1, -0.05) is 17.7 Å². The van der Waals surface area contributed by atoms with Crippen molar-refractivity contribution in [2.45, 2.75) is 31.1 Å². The predicted octanol–water partition coefficient (Wildman–Crippen LogP) is 4.64. The fourth-order valence-electron chi connectivity index (χ4n) is 3.98. The molecule has 2 aromatic rings. The molecule has 2 amide bonds. The van der Waals surface area contributed by atoms with Gasteiger partial charge in [0.15, 0.2) is 0 Å². The number of nitrogens with zero attached hydrogens (tertiary/aromatic N) is 3. The fourth-order valence-corrected chi connectivity index (χ4v) is 4.22. The molecule has 9 heteroatoms.